The molecule has 1 aromatic heterocycles. The van der Waals surface area contributed by atoms with Crippen molar-refractivity contribution in [3.05, 3.63) is 112 Å². The number of ketones is 1. The van der Waals surface area contributed by atoms with E-state index in [2.05, 4.69) is 15.5 Å². The van der Waals surface area contributed by atoms with Crippen molar-refractivity contribution in [1.29, 1.82) is 0 Å². The summed E-state index contributed by atoms with van der Waals surface area (Å²) in [6.07, 6.45) is 0.613. The Balaban J connectivity index is 1.40. The van der Waals surface area contributed by atoms with Gasteiger partial charge in [0.25, 0.3) is 11.8 Å². The fraction of sp³-hybridized carbons (Fsp3) is 0.270. The van der Waals surface area contributed by atoms with Gasteiger partial charge in [0, 0.05) is 30.6 Å². The van der Waals surface area contributed by atoms with Crippen LogP contribution in [0.3, 0.4) is 0 Å². The molecule has 0 fully saturated rings. The number of esters is 1. The van der Waals surface area contributed by atoms with E-state index in [0.29, 0.717) is 16.7 Å². The lowest BCUT2D eigenvalue weighted by Crippen LogP contribution is -2.54. The number of nitrogens with one attached hydrogen (secondary N) is 1. The molecular weight excluding hydrogens is 699 g/mol. The topological polar surface area (TPSA) is 165 Å². The average molecular weight is 734 g/mol. The summed E-state index contributed by atoms with van der Waals surface area (Å²) in [6, 6.07) is 19.7. The monoisotopic (exact) mass is 732 g/mol. The third kappa shape index (κ3) is 7.87. The largest absolute Gasteiger partial charge is 0.481 e. The molecule has 3 atom stereocenters. The molecule has 0 bridgehead atoms. The maximum atomic E-state index is 14.5. The van der Waals surface area contributed by atoms with Crippen LogP contribution in [0.2, 0.25) is 10.0 Å². The second kappa shape index (κ2) is 15.7. The Morgan fingerprint density at radius 1 is 0.961 bits per heavy atom. The fourth-order valence-corrected chi connectivity index (χ4v) is 6.48. The minimum atomic E-state index is -1.83. The summed E-state index contributed by atoms with van der Waals surface area (Å²) in [5.41, 5.74) is -1.05. The zero-order chi connectivity index (χ0) is 36.9. The lowest BCUT2D eigenvalue weighted by atomic mass is 9.83. The summed E-state index contributed by atoms with van der Waals surface area (Å²) in [4.78, 5) is 77.6. The molecule has 1 unspecified atom stereocenters. The van der Waals surface area contributed by atoms with Crippen LogP contribution in [0, 0.1) is 5.92 Å². The summed E-state index contributed by atoms with van der Waals surface area (Å²) in [7, 11) is 1.26. The smallest absolute Gasteiger partial charge is 0.341 e. The van der Waals surface area contributed by atoms with E-state index in [9.17, 15) is 29.1 Å². The number of ether oxygens (including phenoxy) is 1. The van der Waals surface area contributed by atoms with E-state index in [0.717, 1.165) is 10.3 Å². The van der Waals surface area contributed by atoms with Crippen molar-refractivity contribution < 1.29 is 38.7 Å². The summed E-state index contributed by atoms with van der Waals surface area (Å²) in [5, 5.41) is 18.5. The molecule has 3 aromatic carbocycles. The van der Waals surface area contributed by atoms with Crippen LogP contribution in [0.4, 0.5) is 0 Å². The fourth-order valence-electron chi connectivity index (χ4n) is 5.92. The quantitative estimate of drug-likeness (QED) is 0.164. The van der Waals surface area contributed by atoms with E-state index in [4.69, 9.17) is 32.8 Å². The van der Waals surface area contributed by atoms with Crippen LogP contribution in [0.15, 0.2) is 90.2 Å². The molecular formula is C37H34Cl2N4O8. The Hall–Kier alpha value is -5.33. The molecule has 264 valence electrons. The highest BCUT2D eigenvalue weighted by Gasteiger charge is 2.53. The highest BCUT2D eigenvalue weighted by Crippen LogP contribution is 2.39. The van der Waals surface area contributed by atoms with Gasteiger partial charge in [-0.2, -0.15) is 0 Å². The van der Waals surface area contributed by atoms with Crippen LogP contribution in [0.1, 0.15) is 53.1 Å². The molecule has 2 heterocycles. The normalized spacial score (nSPS) is 16.5. The second-order valence-corrected chi connectivity index (χ2v) is 13.1. The number of likely N-dealkylation sites (N-methyl/N-ethyl adjacent to an activating group) is 1. The number of pyridine rings is 1. The summed E-state index contributed by atoms with van der Waals surface area (Å²) in [6.45, 7) is 2.87. The number of carbonyl (C=O) groups is 5. The van der Waals surface area contributed by atoms with Crippen molar-refractivity contribution in [2.24, 2.45) is 11.1 Å². The number of nitrogens with zero attached hydrogens (tertiary/aromatic N) is 3. The van der Waals surface area contributed by atoms with Crippen LogP contribution in [0.25, 0.3) is 10.8 Å². The van der Waals surface area contributed by atoms with Crippen molar-refractivity contribution in [2.45, 2.75) is 44.4 Å². The van der Waals surface area contributed by atoms with Crippen molar-refractivity contribution >= 4 is 69.2 Å². The standard InChI is InChI=1S/C37H34Cl2N4O8/c1-21(2)32(41-34(47)33-24-13-8-7-10-22(24)16-17-40-33)27-19-37(51-42-27,23-11-5-4-6-12-23)36(49)43(3)28(18-30(45)46)29(44)20-50-35(48)31-25(38)14-9-15-26(31)39/h4-17,21,28,32H,18-20H2,1-3H3,(H,41,47)(H,45,46)/t28-,32-,37?/m0/s1. The minimum absolute atomic E-state index is 0.00223. The number of rotatable bonds is 13. The second-order valence-electron chi connectivity index (χ2n) is 12.3. The first-order valence-electron chi connectivity index (χ1n) is 15.9. The van der Waals surface area contributed by atoms with E-state index in [-0.39, 0.29) is 33.6 Å². The molecule has 2 N–H and O–H groups in total. The maximum absolute atomic E-state index is 14.5. The average Bonchev–Trinajstić information content (AvgIpc) is 3.57. The maximum Gasteiger partial charge on any atom is 0.341 e. The van der Waals surface area contributed by atoms with E-state index in [1.807, 2.05) is 32.0 Å². The van der Waals surface area contributed by atoms with E-state index < -0.39 is 60.2 Å². The predicted molar refractivity (Wildman–Crippen MR) is 190 cm³/mol. The lowest BCUT2D eigenvalue weighted by molar-refractivity contribution is -0.161. The third-order valence-corrected chi connectivity index (χ3v) is 9.21. The molecule has 2 amide bonds. The number of hydrogen-bond acceptors (Lipinski definition) is 9. The molecule has 0 spiro atoms. The number of halogens is 2. The predicted octanol–water partition coefficient (Wildman–Crippen LogP) is 5.70. The molecule has 1 aliphatic heterocycles. The third-order valence-electron chi connectivity index (χ3n) is 8.58. The van der Waals surface area contributed by atoms with Gasteiger partial charge >= 0.3 is 11.9 Å². The van der Waals surface area contributed by atoms with Crippen molar-refractivity contribution in [3.63, 3.8) is 0 Å². The van der Waals surface area contributed by atoms with E-state index >= 15 is 0 Å². The van der Waals surface area contributed by atoms with Gasteiger partial charge in [0.2, 0.25) is 5.60 Å². The van der Waals surface area contributed by atoms with Crippen LogP contribution in [-0.2, 0) is 29.6 Å². The number of Topliss-reactive ketones (excluding diaryl/α,β-unsaturated/α-hetero) is 1. The van der Waals surface area contributed by atoms with Crippen molar-refractivity contribution in [3.8, 4) is 0 Å². The molecule has 4 aromatic rings. The van der Waals surface area contributed by atoms with Gasteiger partial charge in [-0.25, -0.2) is 4.79 Å². The number of benzene rings is 3. The number of carbonyl (C=O) groups excluding carboxylic acids is 4. The number of carboxylic acid groups (broad SMARTS) is 1. The van der Waals surface area contributed by atoms with E-state index in [1.165, 1.54) is 25.2 Å². The Morgan fingerprint density at radius 3 is 2.29 bits per heavy atom. The Morgan fingerprint density at radius 2 is 1.63 bits per heavy atom. The molecule has 51 heavy (non-hydrogen) atoms. The molecule has 0 radical (unpaired) electrons. The number of aliphatic carboxylic acids is 1. The number of aromatic nitrogens is 1. The van der Waals surface area contributed by atoms with Gasteiger partial charge in [0.05, 0.1) is 33.8 Å². The Labute approximate surface area is 303 Å². The first-order valence-corrected chi connectivity index (χ1v) is 16.7. The number of fused-ring (bicyclic) bond motifs is 1. The zero-order valence-electron chi connectivity index (χ0n) is 27.8. The highest BCUT2D eigenvalue weighted by molar-refractivity contribution is 6.39. The van der Waals surface area contributed by atoms with Crippen molar-refractivity contribution in [2.75, 3.05) is 13.7 Å². The van der Waals surface area contributed by atoms with Gasteiger partial charge in [0.1, 0.15) is 11.7 Å². The SMILES string of the molecule is CC(C)[C@H](NC(=O)c1nccc2ccccc12)C1=NOC(C(=O)N(C)[C@@H](CC(=O)O)C(=O)COC(=O)c2c(Cl)cccc2Cl)(c2ccccc2)C1. The van der Waals surface area contributed by atoms with Crippen LogP contribution < -0.4 is 5.32 Å². The molecule has 5 rings (SSSR count). The number of oxime groups is 1. The minimum Gasteiger partial charge on any atom is -0.481 e. The Kier molecular flexibility index (Phi) is 11.4. The van der Waals surface area contributed by atoms with Crippen LogP contribution >= 0.6 is 23.2 Å². The highest BCUT2D eigenvalue weighted by atomic mass is 35.5. The summed E-state index contributed by atoms with van der Waals surface area (Å²) < 4.78 is 5.17. The van der Waals surface area contributed by atoms with Crippen molar-refractivity contribution in [1.82, 2.24) is 15.2 Å². The first kappa shape index (κ1) is 36.9. The molecule has 12 nitrogen and oxygen atoms in total. The van der Waals surface area contributed by atoms with Gasteiger partial charge < -0.3 is 24.9 Å². The molecule has 0 saturated heterocycles. The zero-order valence-corrected chi connectivity index (χ0v) is 29.4. The number of carboxylic acids is 1. The van der Waals surface area contributed by atoms with E-state index in [1.54, 1.807) is 48.7 Å². The first-order chi connectivity index (χ1) is 24.3. The molecule has 14 heteroatoms. The summed E-state index contributed by atoms with van der Waals surface area (Å²) in [5.74, 6) is -4.70. The van der Waals surface area contributed by atoms with Crippen LogP contribution in [0.5, 0.6) is 0 Å². The molecule has 0 saturated carbocycles. The van der Waals surface area contributed by atoms with Gasteiger partial charge in [-0.05, 0) is 29.5 Å². The summed E-state index contributed by atoms with van der Waals surface area (Å²) >= 11 is 12.2. The van der Waals surface area contributed by atoms with Gasteiger partial charge in [-0.1, -0.05) is 103 Å². The van der Waals surface area contributed by atoms with Gasteiger partial charge in [0.15, 0.2) is 12.4 Å². The molecule has 1 aliphatic rings. The van der Waals surface area contributed by atoms with Gasteiger partial charge in [-0.15, -0.1) is 0 Å². The number of hydrogen-bond donors (Lipinski definition) is 2. The Bertz CT molecular complexity index is 2000. The molecule has 0 aliphatic carbocycles. The lowest BCUT2D eigenvalue weighted by Gasteiger charge is -2.34. The van der Waals surface area contributed by atoms with Crippen LogP contribution in [-0.4, -0.2) is 76.0 Å². The number of amides is 2. The van der Waals surface area contributed by atoms with Gasteiger partial charge in [-0.3, -0.25) is 24.2 Å².